The van der Waals surface area contributed by atoms with Crippen molar-refractivity contribution in [2.24, 2.45) is 0 Å². The molecule has 96 valence electrons. The zero-order chi connectivity index (χ0) is 13.4. The van der Waals surface area contributed by atoms with E-state index in [-0.39, 0.29) is 21.1 Å². The number of alkyl halides is 2. The molecule has 1 rings (SSSR count). The van der Waals surface area contributed by atoms with Gasteiger partial charge in [-0.25, -0.2) is 8.78 Å². The van der Waals surface area contributed by atoms with E-state index in [0.717, 1.165) is 5.56 Å². The average Bonchev–Trinajstić information content (AvgIpc) is 2.14. The molecule has 0 fully saturated rings. The molecule has 0 aliphatic carbocycles. The van der Waals surface area contributed by atoms with Crippen LogP contribution in [0.2, 0.25) is 0 Å². The summed E-state index contributed by atoms with van der Waals surface area (Å²) in [5.41, 5.74) is 6.11. The van der Waals surface area contributed by atoms with Gasteiger partial charge in [0.1, 0.15) is 5.75 Å². The third-order valence-electron chi connectivity index (χ3n) is 2.52. The first-order valence-corrected chi connectivity index (χ1v) is 5.94. The van der Waals surface area contributed by atoms with E-state index >= 15 is 0 Å². The van der Waals surface area contributed by atoms with Crippen LogP contribution in [-0.2, 0) is 5.41 Å². The number of methoxy groups -OCH3 is 1. The second-order valence-corrected chi connectivity index (χ2v) is 5.62. The molecular formula is C12H16BrF2NO. The van der Waals surface area contributed by atoms with E-state index in [1.165, 1.54) is 7.11 Å². The molecule has 0 radical (unpaired) electrons. The van der Waals surface area contributed by atoms with E-state index in [0.29, 0.717) is 5.75 Å². The van der Waals surface area contributed by atoms with Gasteiger partial charge in [0, 0.05) is 11.3 Å². The molecule has 0 amide bonds. The molecule has 0 atom stereocenters. The van der Waals surface area contributed by atoms with Gasteiger partial charge in [0.2, 0.25) is 0 Å². The summed E-state index contributed by atoms with van der Waals surface area (Å²) < 4.78 is 31.2. The lowest BCUT2D eigenvalue weighted by molar-refractivity contribution is 0.151. The van der Waals surface area contributed by atoms with E-state index < -0.39 is 6.43 Å². The van der Waals surface area contributed by atoms with Gasteiger partial charge in [0.05, 0.1) is 17.1 Å². The van der Waals surface area contributed by atoms with Crippen molar-refractivity contribution < 1.29 is 13.5 Å². The van der Waals surface area contributed by atoms with E-state index in [9.17, 15) is 8.78 Å². The predicted octanol–water partition coefficient (Wildman–Crippen LogP) is 4.28. The molecule has 2 N–H and O–H groups in total. The molecule has 0 aromatic heterocycles. The highest BCUT2D eigenvalue weighted by Crippen LogP contribution is 2.44. The number of benzene rings is 1. The fourth-order valence-corrected chi connectivity index (χ4v) is 2.42. The van der Waals surface area contributed by atoms with Crippen molar-refractivity contribution in [1.29, 1.82) is 0 Å². The summed E-state index contributed by atoms with van der Waals surface area (Å²) in [5.74, 6) is 0.419. The first kappa shape index (κ1) is 14.2. The van der Waals surface area contributed by atoms with Gasteiger partial charge in [-0.2, -0.15) is 0 Å². The Labute approximate surface area is 108 Å². The molecule has 5 heteroatoms. The number of halogens is 3. The number of nitrogens with two attached hydrogens (primary N) is 1. The normalized spacial score (nSPS) is 12.0. The molecule has 0 aliphatic rings. The summed E-state index contributed by atoms with van der Waals surface area (Å²) in [5, 5.41) is 0. The first-order chi connectivity index (χ1) is 7.70. The van der Waals surface area contributed by atoms with E-state index in [4.69, 9.17) is 10.5 Å². The summed E-state index contributed by atoms with van der Waals surface area (Å²) in [4.78, 5) is 0. The molecule has 1 aromatic rings. The molecule has 17 heavy (non-hydrogen) atoms. The minimum Gasteiger partial charge on any atom is -0.495 e. The molecular weight excluding hydrogens is 292 g/mol. The quantitative estimate of drug-likeness (QED) is 0.828. The van der Waals surface area contributed by atoms with Crippen molar-refractivity contribution in [1.82, 2.24) is 0 Å². The van der Waals surface area contributed by atoms with Gasteiger partial charge in [0.15, 0.2) is 0 Å². The predicted molar refractivity (Wildman–Crippen MR) is 68.8 cm³/mol. The molecule has 2 nitrogen and oxygen atoms in total. The van der Waals surface area contributed by atoms with Gasteiger partial charge in [-0.05, 0) is 27.4 Å². The Bertz CT molecular complexity index is 427. The second kappa shape index (κ2) is 4.80. The highest BCUT2D eigenvalue weighted by molar-refractivity contribution is 9.10. The fourth-order valence-electron chi connectivity index (χ4n) is 1.64. The molecule has 0 aliphatic heterocycles. The zero-order valence-corrected chi connectivity index (χ0v) is 11.9. The monoisotopic (exact) mass is 307 g/mol. The zero-order valence-electron chi connectivity index (χ0n) is 10.3. The Morgan fingerprint density at radius 1 is 1.35 bits per heavy atom. The Morgan fingerprint density at radius 2 is 1.88 bits per heavy atom. The van der Waals surface area contributed by atoms with Gasteiger partial charge < -0.3 is 10.5 Å². The summed E-state index contributed by atoms with van der Waals surface area (Å²) in [6, 6.07) is 1.56. The van der Waals surface area contributed by atoms with Crippen LogP contribution in [0.1, 0.15) is 38.3 Å². The maximum atomic E-state index is 12.9. The third-order valence-corrected chi connectivity index (χ3v) is 3.31. The van der Waals surface area contributed by atoms with Gasteiger partial charge in [-0.3, -0.25) is 0 Å². The number of rotatable bonds is 2. The number of nitrogen functional groups attached to an aromatic ring is 1. The van der Waals surface area contributed by atoms with Gasteiger partial charge >= 0.3 is 0 Å². The Kier molecular flexibility index (Phi) is 4.02. The number of ether oxygens (including phenoxy) is 1. The van der Waals surface area contributed by atoms with Crippen molar-refractivity contribution in [3.8, 4) is 5.75 Å². The summed E-state index contributed by atoms with van der Waals surface area (Å²) >= 11 is 3.15. The molecule has 0 bridgehead atoms. The maximum Gasteiger partial charge on any atom is 0.267 e. The second-order valence-electron chi connectivity index (χ2n) is 4.82. The lowest BCUT2D eigenvalue weighted by Gasteiger charge is -2.25. The van der Waals surface area contributed by atoms with Crippen molar-refractivity contribution in [3.05, 3.63) is 21.7 Å². The largest absolute Gasteiger partial charge is 0.495 e. The molecule has 1 aromatic carbocycles. The van der Waals surface area contributed by atoms with Gasteiger partial charge in [-0.1, -0.05) is 20.8 Å². The van der Waals surface area contributed by atoms with Crippen LogP contribution in [0.3, 0.4) is 0 Å². The Hall–Kier alpha value is -0.840. The SMILES string of the molecule is COc1c(C(C)(C)C)cc(N)c(C(F)F)c1Br. The molecule has 0 spiro atoms. The highest BCUT2D eigenvalue weighted by Gasteiger charge is 2.27. The van der Waals surface area contributed by atoms with Crippen molar-refractivity contribution in [3.63, 3.8) is 0 Å². The standard InChI is InChI=1S/C12H16BrF2NO/c1-12(2,3)6-5-7(16)8(11(14)15)9(13)10(6)17-4/h5,11H,16H2,1-4H3. The molecule has 0 unspecified atom stereocenters. The molecule has 0 heterocycles. The Morgan fingerprint density at radius 3 is 2.24 bits per heavy atom. The van der Waals surface area contributed by atoms with Gasteiger partial charge in [-0.15, -0.1) is 0 Å². The number of anilines is 1. The van der Waals surface area contributed by atoms with Crippen LogP contribution in [0.5, 0.6) is 5.75 Å². The van der Waals surface area contributed by atoms with Crippen LogP contribution in [0.4, 0.5) is 14.5 Å². The number of hydrogen-bond donors (Lipinski definition) is 1. The Balaban J connectivity index is 3.58. The smallest absolute Gasteiger partial charge is 0.267 e. The van der Waals surface area contributed by atoms with Crippen molar-refractivity contribution in [2.75, 3.05) is 12.8 Å². The van der Waals surface area contributed by atoms with Gasteiger partial charge in [0.25, 0.3) is 6.43 Å². The van der Waals surface area contributed by atoms with Crippen LogP contribution in [-0.4, -0.2) is 7.11 Å². The maximum absolute atomic E-state index is 12.9. The van der Waals surface area contributed by atoms with Crippen LogP contribution in [0, 0.1) is 0 Å². The average molecular weight is 308 g/mol. The van der Waals surface area contributed by atoms with E-state index in [1.807, 2.05) is 20.8 Å². The van der Waals surface area contributed by atoms with E-state index in [2.05, 4.69) is 15.9 Å². The van der Waals surface area contributed by atoms with Crippen molar-refractivity contribution in [2.45, 2.75) is 32.6 Å². The summed E-state index contributed by atoms with van der Waals surface area (Å²) in [7, 11) is 1.46. The number of hydrogen-bond acceptors (Lipinski definition) is 2. The van der Waals surface area contributed by atoms with Crippen LogP contribution < -0.4 is 10.5 Å². The summed E-state index contributed by atoms with van der Waals surface area (Å²) in [6.45, 7) is 5.91. The van der Waals surface area contributed by atoms with Crippen LogP contribution >= 0.6 is 15.9 Å². The highest BCUT2D eigenvalue weighted by atomic mass is 79.9. The minimum absolute atomic E-state index is 0.0811. The molecule has 0 saturated carbocycles. The lowest BCUT2D eigenvalue weighted by atomic mass is 9.85. The fraction of sp³-hybridized carbons (Fsp3) is 0.500. The topological polar surface area (TPSA) is 35.2 Å². The third kappa shape index (κ3) is 2.70. The minimum atomic E-state index is -2.63. The summed E-state index contributed by atoms with van der Waals surface area (Å²) in [6.07, 6.45) is -2.63. The lowest BCUT2D eigenvalue weighted by Crippen LogP contribution is -2.15. The van der Waals surface area contributed by atoms with Crippen molar-refractivity contribution >= 4 is 21.6 Å². The first-order valence-electron chi connectivity index (χ1n) is 5.14. The van der Waals surface area contributed by atoms with Crippen LogP contribution in [0.15, 0.2) is 10.5 Å². The molecule has 0 saturated heterocycles. The van der Waals surface area contributed by atoms with E-state index in [1.54, 1.807) is 6.07 Å². The van der Waals surface area contributed by atoms with Crippen LogP contribution in [0.25, 0.3) is 0 Å².